The van der Waals surface area contributed by atoms with Crippen LogP contribution in [0.25, 0.3) is 5.69 Å². The number of halogens is 1. The van der Waals surface area contributed by atoms with Gasteiger partial charge >= 0.3 is 0 Å². The fourth-order valence-corrected chi connectivity index (χ4v) is 3.70. The van der Waals surface area contributed by atoms with Crippen LogP contribution in [-0.2, 0) is 4.79 Å². The molecular weight excluding hydrogens is 368 g/mol. The maximum Gasteiger partial charge on any atom is 0.240 e. The van der Waals surface area contributed by atoms with Crippen LogP contribution in [0.4, 0.5) is 5.69 Å². The molecular formula is C19H19ClN4OS. The molecule has 3 aromatic rings. The van der Waals surface area contributed by atoms with E-state index in [1.165, 1.54) is 11.8 Å². The van der Waals surface area contributed by atoms with Gasteiger partial charge in [0.05, 0.1) is 10.9 Å². The number of hydrogen-bond donors (Lipinski definition) is 0. The fourth-order valence-electron chi connectivity index (χ4n) is 2.61. The molecule has 0 aliphatic rings. The van der Waals surface area contributed by atoms with E-state index in [0.29, 0.717) is 16.7 Å². The Bertz CT molecular complexity index is 884. The number of carbonyl (C=O) groups is 1. The van der Waals surface area contributed by atoms with Crippen LogP contribution in [0.2, 0.25) is 5.02 Å². The lowest BCUT2D eigenvalue weighted by molar-refractivity contribution is -0.117. The largest absolute Gasteiger partial charge is 0.312 e. The lowest BCUT2D eigenvalue weighted by atomic mass is 10.2. The van der Waals surface area contributed by atoms with Gasteiger partial charge in [-0.25, -0.2) is 0 Å². The van der Waals surface area contributed by atoms with Gasteiger partial charge < -0.3 is 4.90 Å². The van der Waals surface area contributed by atoms with Crippen molar-refractivity contribution in [2.75, 3.05) is 11.4 Å². The van der Waals surface area contributed by atoms with Crippen molar-refractivity contribution in [1.29, 1.82) is 0 Å². The van der Waals surface area contributed by atoms with Gasteiger partial charge in [-0.15, -0.1) is 10.2 Å². The van der Waals surface area contributed by atoms with Gasteiger partial charge in [0.15, 0.2) is 5.16 Å². The van der Waals surface area contributed by atoms with E-state index in [9.17, 15) is 4.79 Å². The molecule has 1 atom stereocenters. The Kier molecular flexibility index (Phi) is 5.96. The number of rotatable bonds is 6. The van der Waals surface area contributed by atoms with E-state index in [2.05, 4.69) is 10.2 Å². The van der Waals surface area contributed by atoms with Crippen LogP contribution in [0.1, 0.15) is 13.8 Å². The average molecular weight is 387 g/mol. The molecule has 2 aromatic carbocycles. The molecule has 0 fully saturated rings. The summed E-state index contributed by atoms with van der Waals surface area (Å²) in [6.45, 7) is 4.46. The molecule has 0 N–H and O–H groups in total. The molecule has 0 aliphatic heterocycles. The molecule has 0 radical (unpaired) electrons. The highest BCUT2D eigenvalue weighted by molar-refractivity contribution is 8.00. The number of hydrogen-bond acceptors (Lipinski definition) is 4. The highest BCUT2D eigenvalue weighted by atomic mass is 35.5. The molecule has 0 saturated carbocycles. The van der Waals surface area contributed by atoms with Gasteiger partial charge in [-0.1, -0.05) is 47.6 Å². The maximum absolute atomic E-state index is 12.9. The number of aromatic nitrogens is 3. The third-order valence-electron chi connectivity index (χ3n) is 3.88. The van der Waals surface area contributed by atoms with Crippen LogP contribution in [0, 0.1) is 0 Å². The highest BCUT2D eigenvalue weighted by Crippen LogP contribution is 2.27. The molecule has 1 amide bonds. The van der Waals surface area contributed by atoms with Crippen molar-refractivity contribution >= 4 is 35.0 Å². The summed E-state index contributed by atoms with van der Waals surface area (Å²) in [6, 6.07) is 17.1. The molecule has 0 spiro atoms. The Morgan fingerprint density at radius 1 is 1.23 bits per heavy atom. The number of anilines is 1. The topological polar surface area (TPSA) is 51.0 Å². The summed E-state index contributed by atoms with van der Waals surface area (Å²) in [5, 5.41) is 9.13. The molecule has 5 nitrogen and oxygen atoms in total. The molecule has 0 aliphatic carbocycles. The Morgan fingerprint density at radius 2 is 2.00 bits per heavy atom. The van der Waals surface area contributed by atoms with Crippen molar-refractivity contribution in [3.05, 3.63) is 65.9 Å². The quantitative estimate of drug-likeness (QED) is 0.587. The Balaban J connectivity index is 1.79. The monoisotopic (exact) mass is 386 g/mol. The normalized spacial score (nSPS) is 12.0. The number of amides is 1. The minimum absolute atomic E-state index is 0.0318. The first kappa shape index (κ1) is 18.5. The fraction of sp³-hybridized carbons (Fsp3) is 0.211. The molecule has 0 unspecified atom stereocenters. The predicted octanol–water partition coefficient (Wildman–Crippen LogP) is 4.45. The minimum Gasteiger partial charge on any atom is -0.312 e. The third kappa shape index (κ3) is 4.08. The van der Waals surface area contributed by atoms with E-state index in [0.717, 1.165) is 11.4 Å². The summed E-state index contributed by atoms with van der Waals surface area (Å²) in [7, 11) is 0. The predicted molar refractivity (Wildman–Crippen MR) is 106 cm³/mol. The summed E-state index contributed by atoms with van der Waals surface area (Å²) in [5.41, 5.74) is 1.75. The van der Waals surface area contributed by atoms with Gasteiger partial charge in [-0.2, -0.15) is 0 Å². The van der Waals surface area contributed by atoms with Gasteiger partial charge in [0.25, 0.3) is 0 Å². The van der Waals surface area contributed by atoms with Gasteiger partial charge in [0, 0.05) is 17.3 Å². The molecule has 3 rings (SSSR count). The summed E-state index contributed by atoms with van der Waals surface area (Å²) in [4.78, 5) is 14.7. The molecule has 0 bridgehead atoms. The second kappa shape index (κ2) is 8.38. The van der Waals surface area contributed by atoms with Crippen LogP contribution >= 0.6 is 23.4 Å². The molecule has 1 heterocycles. The summed E-state index contributed by atoms with van der Waals surface area (Å²) in [5.74, 6) is 0.0318. The van der Waals surface area contributed by atoms with Crippen molar-refractivity contribution in [3.63, 3.8) is 0 Å². The van der Waals surface area contributed by atoms with E-state index >= 15 is 0 Å². The van der Waals surface area contributed by atoms with Gasteiger partial charge in [-0.05, 0) is 44.2 Å². The van der Waals surface area contributed by atoms with Crippen molar-refractivity contribution in [1.82, 2.24) is 14.8 Å². The van der Waals surface area contributed by atoms with Crippen molar-refractivity contribution in [3.8, 4) is 5.69 Å². The molecule has 134 valence electrons. The van der Waals surface area contributed by atoms with E-state index in [4.69, 9.17) is 11.6 Å². The van der Waals surface area contributed by atoms with E-state index in [1.807, 2.05) is 73.0 Å². The summed E-state index contributed by atoms with van der Waals surface area (Å²) in [6.07, 6.45) is 1.62. The number of thioether (sulfide) groups is 1. The average Bonchev–Trinajstić information content (AvgIpc) is 3.11. The minimum atomic E-state index is -0.308. The lowest BCUT2D eigenvalue weighted by Crippen LogP contribution is -2.36. The van der Waals surface area contributed by atoms with E-state index < -0.39 is 0 Å². The second-order valence-corrected chi connectivity index (χ2v) is 7.39. The van der Waals surface area contributed by atoms with Gasteiger partial charge in [0.2, 0.25) is 5.91 Å². The second-order valence-electron chi connectivity index (χ2n) is 5.64. The zero-order valence-corrected chi connectivity index (χ0v) is 16.1. The first-order chi connectivity index (χ1) is 12.6. The first-order valence-electron chi connectivity index (χ1n) is 8.29. The smallest absolute Gasteiger partial charge is 0.240 e. The van der Waals surface area contributed by atoms with Crippen LogP contribution in [0.3, 0.4) is 0 Å². The summed E-state index contributed by atoms with van der Waals surface area (Å²) >= 11 is 7.46. The SMILES string of the molecule is CCN(C(=O)[C@@H](C)Sc1nncn1-c1cccc(Cl)c1)c1ccccc1. The molecule has 26 heavy (non-hydrogen) atoms. The Labute approximate surface area is 162 Å². The van der Waals surface area contributed by atoms with Crippen molar-refractivity contribution < 1.29 is 4.79 Å². The van der Waals surface area contributed by atoms with E-state index in [1.54, 1.807) is 11.2 Å². The van der Waals surface area contributed by atoms with Crippen LogP contribution in [-0.4, -0.2) is 32.5 Å². The molecule has 0 saturated heterocycles. The lowest BCUT2D eigenvalue weighted by Gasteiger charge is -2.24. The first-order valence-corrected chi connectivity index (χ1v) is 9.55. The zero-order valence-electron chi connectivity index (χ0n) is 14.5. The number of carbonyl (C=O) groups excluding carboxylic acids is 1. The summed E-state index contributed by atoms with van der Waals surface area (Å²) < 4.78 is 1.83. The van der Waals surface area contributed by atoms with Gasteiger partial charge in [-0.3, -0.25) is 9.36 Å². The number of nitrogens with zero attached hydrogens (tertiary/aromatic N) is 4. The van der Waals surface area contributed by atoms with Crippen molar-refractivity contribution in [2.24, 2.45) is 0 Å². The Hall–Kier alpha value is -2.31. The third-order valence-corrected chi connectivity index (χ3v) is 5.16. The van der Waals surface area contributed by atoms with Crippen LogP contribution < -0.4 is 4.90 Å². The van der Waals surface area contributed by atoms with Gasteiger partial charge in [0.1, 0.15) is 6.33 Å². The van der Waals surface area contributed by atoms with Crippen molar-refractivity contribution in [2.45, 2.75) is 24.3 Å². The van der Waals surface area contributed by atoms with Crippen LogP contribution in [0.5, 0.6) is 0 Å². The molecule has 7 heteroatoms. The van der Waals surface area contributed by atoms with E-state index in [-0.39, 0.29) is 11.2 Å². The number of para-hydroxylation sites is 1. The molecule has 1 aromatic heterocycles. The zero-order chi connectivity index (χ0) is 18.5. The maximum atomic E-state index is 12.9. The Morgan fingerprint density at radius 3 is 2.69 bits per heavy atom. The van der Waals surface area contributed by atoms with Crippen LogP contribution in [0.15, 0.2) is 66.1 Å². The highest BCUT2D eigenvalue weighted by Gasteiger charge is 2.23. The standard InChI is InChI=1S/C19H19ClN4OS/c1-3-23(16-9-5-4-6-10-16)18(25)14(2)26-19-22-21-13-24(19)17-11-7-8-15(20)12-17/h4-14H,3H2,1-2H3/t14-/m1/s1. The number of benzene rings is 2.